The number of nitrogens with one attached hydrogen (secondary N) is 2. The molecule has 45 heavy (non-hydrogen) atoms. The van der Waals surface area contributed by atoms with Crippen LogP contribution in [0.2, 0.25) is 0 Å². The molecule has 2 N–H and O–H groups in total. The maximum Gasteiger partial charge on any atom is 0.229 e. The van der Waals surface area contributed by atoms with Crippen molar-refractivity contribution >= 4 is 68.2 Å². The molecule has 0 atom stereocenters. The Morgan fingerprint density at radius 1 is 1.00 bits per heavy atom. The van der Waals surface area contributed by atoms with E-state index in [0.29, 0.717) is 50.1 Å². The van der Waals surface area contributed by atoms with Crippen molar-refractivity contribution in [1.82, 2.24) is 34.6 Å². The molecule has 2 aliphatic rings. The normalized spacial score (nSPS) is 15.3. The zero-order chi connectivity index (χ0) is 31.5. The number of ether oxygens (including phenoxy) is 1. The van der Waals surface area contributed by atoms with Crippen LogP contribution in [0.5, 0.6) is 5.75 Å². The van der Waals surface area contributed by atoms with Gasteiger partial charge in [0, 0.05) is 80.3 Å². The molecule has 232 valence electrons. The predicted molar refractivity (Wildman–Crippen MR) is 182 cm³/mol. The summed E-state index contributed by atoms with van der Waals surface area (Å²) in [4.78, 5) is 23.1. The van der Waals surface area contributed by atoms with Gasteiger partial charge in [0.05, 0.1) is 46.0 Å². The topological polar surface area (TPSA) is 126 Å². The van der Waals surface area contributed by atoms with Gasteiger partial charge in [-0.3, -0.25) is 14.6 Å². The average Bonchev–Trinajstić information content (AvgIpc) is 3.28. The fraction of sp³-hybridized carbons (Fsp3) is 0.323. The van der Waals surface area contributed by atoms with Crippen LogP contribution in [0.25, 0.3) is 22.2 Å². The molecule has 2 aromatic carbocycles. The third kappa shape index (κ3) is 5.43. The first-order chi connectivity index (χ1) is 21.6. The fourth-order valence-corrected chi connectivity index (χ4v) is 7.98. The summed E-state index contributed by atoms with van der Waals surface area (Å²) in [6, 6.07) is 8.38. The maximum absolute atomic E-state index is 13.4. The number of likely N-dealkylation sites (tertiary alicyclic amines) is 1. The summed E-state index contributed by atoms with van der Waals surface area (Å²) in [6.07, 6.45) is 7.77. The minimum absolute atomic E-state index is 0.370. The number of hydrogen-bond acceptors (Lipinski definition) is 11. The molecule has 14 heteroatoms. The van der Waals surface area contributed by atoms with Gasteiger partial charge in [0.15, 0.2) is 0 Å². The van der Waals surface area contributed by atoms with Gasteiger partial charge in [0.1, 0.15) is 24.2 Å². The number of hydrogen-bond donors (Lipinski definition) is 2. The second-order valence-electron chi connectivity index (χ2n) is 11.9. The molecule has 0 bridgehead atoms. The van der Waals surface area contributed by atoms with E-state index in [1.165, 1.54) is 5.69 Å². The molecule has 5 heterocycles. The summed E-state index contributed by atoms with van der Waals surface area (Å²) >= 11 is 3.59. The standard InChI is InChI=1S/C31H34BrN10O2P/c1-40-16-18(17-40)42-11-8-25-20(14-36-41(25)2)19-12-24(27(44-3)13-26(19)42)38-31-35-15-21(32)30(39-31)37-23-7-6-22-28(34-10-9-33-22)29(23)45(4,5)43/h6-7,9-10,12-15,18H,8,11,16-17H2,1-5H3,(H2,35,37,38,39). The first kappa shape index (κ1) is 29.6. The van der Waals surface area contributed by atoms with E-state index in [0.717, 1.165) is 48.6 Å². The number of anilines is 5. The molecular weight excluding hydrogens is 655 g/mol. The molecule has 12 nitrogen and oxygen atoms in total. The van der Waals surface area contributed by atoms with Crippen LogP contribution in [0.1, 0.15) is 5.69 Å². The second kappa shape index (κ2) is 11.4. The van der Waals surface area contributed by atoms with Gasteiger partial charge in [-0.1, -0.05) is 0 Å². The van der Waals surface area contributed by atoms with Crippen LogP contribution in [0, 0.1) is 0 Å². The highest BCUT2D eigenvalue weighted by atomic mass is 79.9. The maximum atomic E-state index is 13.4. The first-order valence-corrected chi connectivity index (χ1v) is 18.0. The summed E-state index contributed by atoms with van der Waals surface area (Å²) < 4.78 is 22.0. The lowest BCUT2D eigenvalue weighted by atomic mass is 10.0. The minimum atomic E-state index is -2.75. The smallest absolute Gasteiger partial charge is 0.229 e. The van der Waals surface area contributed by atoms with Crippen molar-refractivity contribution in [3.8, 4) is 16.9 Å². The highest BCUT2D eigenvalue weighted by Crippen LogP contribution is 2.45. The van der Waals surface area contributed by atoms with E-state index in [4.69, 9.17) is 9.72 Å². The summed E-state index contributed by atoms with van der Waals surface area (Å²) in [5.74, 6) is 1.57. The van der Waals surface area contributed by atoms with E-state index >= 15 is 0 Å². The zero-order valence-corrected chi connectivity index (χ0v) is 28.2. The Morgan fingerprint density at radius 2 is 1.80 bits per heavy atom. The van der Waals surface area contributed by atoms with Crippen molar-refractivity contribution in [3.63, 3.8) is 0 Å². The van der Waals surface area contributed by atoms with Crippen molar-refractivity contribution in [2.75, 3.05) is 62.7 Å². The lowest BCUT2D eigenvalue weighted by Gasteiger charge is -2.45. The minimum Gasteiger partial charge on any atom is -0.494 e. The summed E-state index contributed by atoms with van der Waals surface area (Å²) in [6.45, 7) is 6.41. The van der Waals surface area contributed by atoms with Crippen LogP contribution >= 0.6 is 23.1 Å². The Morgan fingerprint density at radius 3 is 2.56 bits per heavy atom. The molecule has 1 fully saturated rings. The number of benzene rings is 2. The number of fused-ring (bicyclic) bond motifs is 4. The average molecular weight is 690 g/mol. The highest BCUT2D eigenvalue weighted by Gasteiger charge is 2.34. The van der Waals surface area contributed by atoms with Crippen LogP contribution < -0.4 is 25.6 Å². The van der Waals surface area contributed by atoms with Crippen LogP contribution in [0.4, 0.5) is 28.8 Å². The van der Waals surface area contributed by atoms with Crippen LogP contribution in [-0.2, 0) is 18.0 Å². The molecule has 2 aliphatic heterocycles. The van der Waals surface area contributed by atoms with Gasteiger partial charge in [-0.05, 0) is 54.5 Å². The largest absolute Gasteiger partial charge is 0.494 e. The van der Waals surface area contributed by atoms with E-state index in [9.17, 15) is 4.57 Å². The van der Waals surface area contributed by atoms with E-state index in [1.807, 2.05) is 30.1 Å². The lowest BCUT2D eigenvalue weighted by Crippen LogP contribution is -2.58. The number of aromatic nitrogens is 6. The van der Waals surface area contributed by atoms with E-state index < -0.39 is 7.14 Å². The van der Waals surface area contributed by atoms with Crippen molar-refractivity contribution in [1.29, 1.82) is 0 Å². The summed E-state index contributed by atoms with van der Waals surface area (Å²) in [5, 5.41) is 12.0. The molecule has 0 aliphatic carbocycles. The monoisotopic (exact) mass is 688 g/mol. The van der Waals surface area contributed by atoms with Gasteiger partial charge in [0.25, 0.3) is 0 Å². The number of nitrogens with zero attached hydrogens (tertiary/aromatic N) is 8. The molecule has 3 aromatic heterocycles. The molecule has 0 unspecified atom stereocenters. The van der Waals surface area contributed by atoms with E-state index in [1.54, 1.807) is 39.0 Å². The zero-order valence-electron chi connectivity index (χ0n) is 25.7. The summed E-state index contributed by atoms with van der Waals surface area (Å²) in [5.41, 5.74) is 7.21. The number of likely N-dealkylation sites (N-methyl/N-ethyl adjacent to an activating group) is 1. The SMILES string of the molecule is COc1cc2c(cc1Nc1ncc(Br)c(Nc3ccc4nccnc4c3P(C)(C)=O)n1)-c1cnn(C)c1CCN2C1CN(C)C1. The van der Waals surface area contributed by atoms with Crippen molar-refractivity contribution in [2.24, 2.45) is 7.05 Å². The molecule has 1 saturated heterocycles. The Kier molecular flexibility index (Phi) is 7.50. The van der Waals surface area contributed by atoms with Crippen LogP contribution in [0.15, 0.2) is 53.5 Å². The van der Waals surface area contributed by atoms with Gasteiger partial charge >= 0.3 is 0 Å². The Hall–Kier alpha value is -4.06. The van der Waals surface area contributed by atoms with Gasteiger partial charge in [-0.2, -0.15) is 10.1 Å². The first-order valence-electron chi connectivity index (χ1n) is 14.6. The predicted octanol–water partition coefficient (Wildman–Crippen LogP) is 5.00. The number of rotatable bonds is 7. The van der Waals surface area contributed by atoms with Crippen molar-refractivity contribution in [3.05, 3.63) is 59.2 Å². The van der Waals surface area contributed by atoms with Gasteiger partial charge in [-0.15, -0.1) is 0 Å². The highest BCUT2D eigenvalue weighted by molar-refractivity contribution is 9.10. The van der Waals surface area contributed by atoms with Crippen molar-refractivity contribution < 1.29 is 9.30 Å². The number of aryl methyl sites for hydroxylation is 1. The Labute approximate surface area is 269 Å². The Bertz CT molecular complexity index is 1990. The molecule has 0 spiro atoms. The van der Waals surface area contributed by atoms with E-state index in [-0.39, 0.29) is 0 Å². The molecule has 0 saturated carbocycles. The number of halogens is 1. The van der Waals surface area contributed by atoms with Crippen molar-refractivity contribution in [2.45, 2.75) is 12.5 Å². The quantitative estimate of drug-likeness (QED) is 0.224. The molecule has 0 radical (unpaired) electrons. The third-order valence-electron chi connectivity index (χ3n) is 8.45. The Balaban J connectivity index is 1.27. The summed E-state index contributed by atoms with van der Waals surface area (Å²) in [7, 11) is 3.08. The van der Waals surface area contributed by atoms with Crippen LogP contribution in [-0.4, -0.2) is 87.8 Å². The fourth-order valence-electron chi connectivity index (χ4n) is 6.29. The lowest BCUT2D eigenvalue weighted by molar-refractivity contribution is 0.183. The van der Waals surface area contributed by atoms with Crippen LogP contribution in [0.3, 0.4) is 0 Å². The third-order valence-corrected chi connectivity index (χ3v) is 10.6. The van der Waals surface area contributed by atoms with Gasteiger partial charge < -0.3 is 29.7 Å². The van der Waals surface area contributed by atoms with Gasteiger partial charge in [0.2, 0.25) is 5.95 Å². The van der Waals surface area contributed by atoms with E-state index in [2.05, 4.69) is 75.6 Å². The molecule has 7 rings (SSSR count). The molecular formula is C31H34BrN10O2P. The molecule has 5 aromatic rings. The second-order valence-corrected chi connectivity index (χ2v) is 15.9. The molecule has 0 amide bonds. The van der Waals surface area contributed by atoms with Gasteiger partial charge in [-0.25, -0.2) is 4.98 Å². The number of methoxy groups -OCH3 is 1.